The fourth-order valence-corrected chi connectivity index (χ4v) is 6.37. The highest BCUT2D eigenvalue weighted by atomic mass is 31.2. The first-order chi connectivity index (χ1) is 16.9. The van der Waals surface area contributed by atoms with Crippen LogP contribution in [0.4, 0.5) is 5.95 Å². The minimum absolute atomic E-state index is 0.106. The van der Waals surface area contributed by atoms with Crippen LogP contribution in [0.2, 0.25) is 0 Å². The molecule has 3 aromatic rings. The number of anilines is 1. The Morgan fingerprint density at radius 2 is 2.00 bits per heavy atom. The molecule has 1 unspecified atom stereocenters. The summed E-state index contributed by atoms with van der Waals surface area (Å²) in [6.45, 7) is 4.58. The zero-order chi connectivity index (χ0) is 25.9. The average molecular weight is 520 g/mol. The predicted molar refractivity (Wildman–Crippen MR) is 129 cm³/mol. The first-order valence-electron chi connectivity index (χ1n) is 11.5. The molecule has 5 rings (SSSR count). The van der Waals surface area contributed by atoms with Crippen molar-refractivity contribution >= 4 is 24.8 Å². The summed E-state index contributed by atoms with van der Waals surface area (Å²) in [5.41, 5.74) is 3.62. The van der Waals surface area contributed by atoms with Crippen molar-refractivity contribution < 1.29 is 33.1 Å². The number of fused-ring (bicyclic) bond motifs is 1. The molecule has 2 saturated heterocycles. The van der Waals surface area contributed by atoms with Gasteiger partial charge in [-0.25, -0.2) is 4.57 Å². The summed E-state index contributed by atoms with van der Waals surface area (Å²) in [7, 11) is -4.06. The lowest BCUT2D eigenvalue weighted by Gasteiger charge is -2.39. The first kappa shape index (κ1) is 25.1. The Bertz CT molecular complexity index is 1370. The summed E-state index contributed by atoms with van der Waals surface area (Å²) in [6, 6.07) is 10.8. The molecule has 13 heteroatoms. The number of aromatic nitrogens is 3. The van der Waals surface area contributed by atoms with E-state index >= 15 is 0 Å². The number of phosphoric ester groups is 1. The number of nitrogens with one attached hydrogen (secondary N) is 1. The molecule has 0 spiro atoms. The van der Waals surface area contributed by atoms with Gasteiger partial charge in [0.2, 0.25) is 5.95 Å². The van der Waals surface area contributed by atoms with Gasteiger partial charge in [0, 0.05) is 12.6 Å². The molecular formula is C23H29N4O8P. The second kappa shape index (κ2) is 8.77. The molecule has 0 saturated carbocycles. The van der Waals surface area contributed by atoms with Gasteiger partial charge in [0.15, 0.2) is 11.9 Å². The van der Waals surface area contributed by atoms with Crippen molar-refractivity contribution in [3.63, 3.8) is 0 Å². The Hall–Kier alpha value is -2.57. The molecule has 36 heavy (non-hydrogen) atoms. The number of nitrogens with zero attached hydrogens (tertiary/aromatic N) is 2. The average Bonchev–Trinajstić information content (AvgIpc) is 3.30. The van der Waals surface area contributed by atoms with Gasteiger partial charge >= 0.3 is 7.82 Å². The number of ether oxygens (including phenoxy) is 1. The Balaban J connectivity index is 1.36. The van der Waals surface area contributed by atoms with E-state index in [2.05, 4.69) is 9.97 Å². The van der Waals surface area contributed by atoms with E-state index in [0.717, 1.165) is 5.56 Å². The molecule has 0 bridgehead atoms. The number of nitrogen functional groups attached to an aromatic ring is 1. The molecule has 5 N–H and O–H groups in total. The lowest BCUT2D eigenvalue weighted by Crippen LogP contribution is -2.44. The number of aromatic amines is 1. The number of rotatable bonds is 5. The predicted octanol–water partition coefficient (Wildman–Crippen LogP) is 2.40. The molecule has 12 nitrogen and oxygen atoms in total. The summed E-state index contributed by atoms with van der Waals surface area (Å²) in [6.07, 6.45) is -2.24. The van der Waals surface area contributed by atoms with Crippen molar-refractivity contribution in [3.8, 4) is 0 Å². The van der Waals surface area contributed by atoms with Gasteiger partial charge in [-0.15, -0.1) is 0 Å². The lowest BCUT2D eigenvalue weighted by atomic mass is 9.96. The van der Waals surface area contributed by atoms with Gasteiger partial charge in [-0.05, 0) is 32.4 Å². The van der Waals surface area contributed by atoms with Crippen LogP contribution in [-0.4, -0.2) is 54.8 Å². The van der Waals surface area contributed by atoms with E-state index in [1.165, 1.54) is 23.8 Å². The SMILES string of the molecule is CC1(C)C[C@H](c2ccccc2)OP(=O)(OC[C@H]2O[C@@H](n3ccc4c(=O)[nH]c(N)nc43)[C@](C)(O)[C@@H]2O)O1. The van der Waals surface area contributed by atoms with Crippen LogP contribution in [0.25, 0.3) is 11.0 Å². The Kier molecular flexibility index (Phi) is 6.12. The van der Waals surface area contributed by atoms with Crippen LogP contribution in [0.15, 0.2) is 47.4 Å². The molecule has 1 aromatic carbocycles. The monoisotopic (exact) mass is 520 g/mol. The third kappa shape index (κ3) is 4.50. The molecule has 0 amide bonds. The van der Waals surface area contributed by atoms with Gasteiger partial charge in [-0.1, -0.05) is 30.3 Å². The molecular weight excluding hydrogens is 491 g/mol. The molecule has 2 aliphatic heterocycles. The Labute approximate surface area is 206 Å². The summed E-state index contributed by atoms with van der Waals surface area (Å²) >= 11 is 0. The van der Waals surface area contributed by atoms with E-state index in [-0.39, 0.29) is 17.0 Å². The van der Waals surface area contributed by atoms with E-state index in [4.69, 9.17) is 24.0 Å². The summed E-state index contributed by atoms with van der Waals surface area (Å²) in [4.78, 5) is 18.7. The molecule has 6 atom stereocenters. The van der Waals surface area contributed by atoms with E-state index < -0.39 is 55.7 Å². The molecule has 2 aromatic heterocycles. The van der Waals surface area contributed by atoms with Crippen LogP contribution in [-0.2, 0) is 22.9 Å². The zero-order valence-corrected chi connectivity index (χ0v) is 20.9. The van der Waals surface area contributed by atoms with Gasteiger partial charge in [0.25, 0.3) is 5.56 Å². The topological polar surface area (TPSA) is 171 Å². The maximum atomic E-state index is 13.5. The van der Waals surface area contributed by atoms with Gasteiger partial charge in [0.05, 0.1) is 23.7 Å². The number of H-pyrrole nitrogens is 1. The van der Waals surface area contributed by atoms with Crippen molar-refractivity contribution in [1.29, 1.82) is 0 Å². The highest BCUT2D eigenvalue weighted by Gasteiger charge is 2.54. The molecule has 2 aliphatic rings. The number of aliphatic hydroxyl groups excluding tert-OH is 1. The van der Waals surface area contributed by atoms with E-state index in [0.29, 0.717) is 6.42 Å². The zero-order valence-electron chi connectivity index (χ0n) is 20.0. The number of nitrogens with two attached hydrogens (primary N) is 1. The first-order valence-corrected chi connectivity index (χ1v) is 13.0. The summed E-state index contributed by atoms with van der Waals surface area (Å²) < 4.78 is 37.9. The van der Waals surface area contributed by atoms with Crippen LogP contribution in [0.1, 0.15) is 45.1 Å². The van der Waals surface area contributed by atoms with Crippen molar-refractivity contribution in [2.45, 2.75) is 62.9 Å². The van der Waals surface area contributed by atoms with Crippen LogP contribution in [0.5, 0.6) is 0 Å². The smallest absolute Gasteiger partial charge is 0.387 e. The Morgan fingerprint density at radius 1 is 1.28 bits per heavy atom. The fourth-order valence-electron chi connectivity index (χ4n) is 4.70. The van der Waals surface area contributed by atoms with Crippen LogP contribution in [0.3, 0.4) is 0 Å². The maximum Gasteiger partial charge on any atom is 0.476 e. The van der Waals surface area contributed by atoms with Crippen LogP contribution < -0.4 is 11.3 Å². The molecule has 0 radical (unpaired) electrons. The van der Waals surface area contributed by atoms with Crippen molar-refractivity contribution in [1.82, 2.24) is 14.5 Å². The number of hydrogen-bond acceptors (Lipinski definition) is 10. The quantitative estimate of drug-likeness (QED) is 0.366. The van der Waals surface area contributed by atoms with Gasteiger partial charge in [-0.2, -0.15) is 4.98 Å². The van der Waals surface area contributed by atoms with E-state index in [1.54, 1.807) is 13.8 Å². The molecule has 0 aliphatic carbocycles. The van der Waals surface area contributed by atoms with Crippen molar-refractivity contribution in [2.75, 3.05) is 12.3 Å². The van der Waals surface area contributed by atoms with Crippen molar-refractivity contribution in [3.05, 3.63) is 58.5 Å². The third-order valence-electron chi connectivity index (χ3n) is 6.47. The number of benzene rings is 1. The lowest BCUT2D eigenvalue weighted by molar-refractivity contribution is -0.0964. The standard InChI is InChI=1S/C23H29N4O8P/c1-22(2)11-15(13-7-5-4-6-8-13)34-36(31,35-22)32-12-16-17(28)23(3,30)20(33-16)27-10-9-14-18(27)25-21(24)26-19(14)29/h4-10,15-17,20,28,30H,11-12H2,1-3H3,(H3,24,25,26,29)/t15-,16-,17-,20-,23-,36?/m1/s1. The molecule has 4 heterocycles. The number of phosphoric acid groups is 1. The molecule has 194 valence electrons. The second-order valence-corrected chi connectivity index (χ2v) is 11.5. The summed E-state index contributed by atoms with van der Waals surface area (Å²) in [5, 5.41) is 22.2. The van der Waals surface area contributed by atoms with Crippen LogP contribution >= 0.6 is 7.82 Å². The van der Waals surface area contributed by atoms with E-state index in [1.807, 2.05) is 30.3 Å². The van der Waals surface area contributed by atoms with E-state index in [9.17, 15) is 19.6 Å². The number of aliphatic hydroxyl groups is 2. The third-order valence-corrected chi connectivity index (χ3v) is 8.16. The maximum absolute atomic E-state index is 13.5. The second-order valence-electron chi connectivity index (χ2n) is 9.91. The molecule has 2 fully saturated rings. The van der Waals surface area contributed by atoms with Crippen molar-refractivity contribution in [2.24, 2.45) is 0 Å². The fraction of sp³-hybridized carbons (Fsp3) is 0.478. The van der Waals surface area contributed by atoms with Gasteiger partial charge in [-0.3, -0.25) is 23.3 Å². The normalized spacial score (nSPS) is 34.2. The Morgan fingerprint density at radius 3 is 2.72 bits per heavy atom. The van der Waals surface area contributed by atoms with Gasteiger partial charge < -0.3 is 25.3 Å². The largest absolute Gasteiger partial charge is 0.476 e. The number of hydrogen-bond donors (Lipinski definition) is 4. The highest BCUT2D eigenvalue weighted by molar-refractivity contribution is 7.48. The minimum atomic E-state index is -4.06. The minimum Gasteiger partial charge on any atom is -0.387 e. The summed E-state index contributed by atoms with van der Waals surface area (Å²) in [5.74, 6) is -0.106. The highest BCUT2D eigenvalue weighted by Crippen LogP contribution is 2.61. The van der Waals surface area contributed by atoms with Gasteiger partial charge in [0.1, 0.15) is 17.8 Å². The van der Waals surface area contributed by atoms with Crippen LogP contribution in [0, 0.1) is 0 Å².